The highest BCUT2D eigenvalue weighted by Crippen LogP contribution is 2.15. The first-order valence-electron chi connectivity index (χ1n) is 24.0. The van der Waals surface area contributed by atoms with Gasteiger partial charge in [0.1, 0.15) is 18.4 Å². The zero-order valence-electron chi connectivity index (χ0n) is 38.8. The molecule has 0 aliphatic rings. The second-order valence-corrected chi connectivity index (χ2v) is 16.2. The number of benzene rings is 1. The molecule has 15 nitrogen and oxygen atoms in total. The smallest absolute Gasteiger partial charge is 0.335 e. The normalized spacial score (nSPS) is 12.1. The van der Waals surface area contributed by atoms with E-state index in [1.807, 2.05) is 0 Å². The third-order valence-corrected chi connectivity index (χ3v) is 10.5. The van der Waals surface area contributed by atoms with Gasteiger partial charge in [-0.25, -0.2) is 9.59 Å². The third-order valence-electron chi connectivity index (χ3n) is 10.5. The maximum atomic E-state index is 12.3. The molecule has 1 rings (SSSR count). The molecule has 1 aromatic rings. The fourth-order valence-electron chi connectivity index (χ4n) is 6.77. The van der Waals surface area contributed by atoms with Crippen molar-refractivity contribution < 1.29 is 57.9 Å². The number of hydrogen-bond acceptors (Lipinski definition) is 10. The summed E-state index contributed by atoms with van der Waals surface area (Å²) in [6.07, 6.45) is 24.0. The highest BCUT2D eigenvalue weighted by Gasteiger charge is 2.21. The van der Waals surface area contributed by atoms with Crippen LogP contribution >= 0.6 is 0 Å². The minimum atomic E-state index is -1.19. The fourth-order valence-corrected chi connectivity index (χ4v) is 6.77. The summed E-state index contributed by atoms with van der Waals surface area (Å²) in [5.74, 6) is -2.45. The Balaban J connectivity index is 1.90. The van der Waals surface area contributed by atoms with Crippen LogP contribution in [0.15, 0.2) is 24.3 Å². The van der Waals surface area contributed by atoms with E-state index in [1.54, 1.807) is 12.1 Å². The van der Waals surface area contributed by atoms with E-state index in [-0.39, 0.29) is 81.6 Å². The zero-order chi connectivity index (χ0) is 46.0. The summed E-state index contributed by atoms with van der Waals surface area (Å²) in [4.78, 5) is 59.1. The van der Waals surface area contributed by atoms with Crippen LogP contribution in [0.1, 0.15) is 172 Å². The number of amides is 3. The van der Waals surface area contributed by atoms with Gasteiger partial charge in [0.15, 0.2) is 0 Å². The van der Waals surface area contributed by atoms with E-state index in [1.165, 1.54) is 89.2 Å². The first kappa shape index (κ1) is 57.2. The molecule has 3 amide bonds. The first-order chi connectivity index (χ1) is 30.6. The van der Waals surface area contributed by atoms with E-state index < -0.39 is 18.0 Å². The highest BCUT2D eigenvalue weighted by atomic mass is 16.5. The molecule has 0 bridgehead atoms. The van der Waals surface area contributed by atoms with Crippen LogP contribution in [0.25, 0.3) is 0 Å². The number of carboxylic acid groups (broad SMARTS) is 2. The summed E-state index contributed by atoms with van der Waals surface area (Å²) in [6.45, 7) is 7.52. The van der Waals surface area contributed by atoms with Gasteiger partial charge in [0.25, 0.3) is 0 Å². The average molecular weight is 894 g/mol. The van der Waals surface area contributed by atoms with Crippen molar-refractivity contribution in [1.29, 1.82) is 0 Å². The monoisotopic (exact) mass is 894 g/mol. The van der Waals surface area contributed by atoms with Gasteiger partial charge < -0.3 is 49.8 Å². The van der Waals surface area contributed by atoms with E-state index in [4.69, 9.17) is 28.8 Å². The lowest BCUT2D eigenvalue weighted by Crippen LogP contribution is -2.41. The number of rotatable bonds is 45. The van der Waals surface area contributed by atoms with E-state index >= 15 is 0 Å². The van der Waals surface area contributed by atoms with Crippen molar-refractivity contribution >= 4 is 29.7 Å². The van der Waals surface area contributed by atoms with E-state index in [9.17, 15) is 29.1 Å². The van der Waals surface area contributed by atoms with Gasteiger partial charge in [-0.05, 0) is 56.9 Å². The van der Waals surface area contributed by atoms with Crippen molar-refractivity contribution in [3.8, 4) is 5.75 Å². The molecule has 0 aliphatic carbocycles. The van der Waals surface area contributed by atoms with E-state index in [0.29, 0.717) is 45.1 Å². The minimum absolute atomic E-state index is 0.0274. The second kappa shape index (κ2) is 40.9. The van der Waals surface area contributed by atoms with Crippen LogP contribution in [0.4, 0.5) is 0 Å². The van der Waals surface area contributed by atoms with Gasteiger partial charge in [-0.3, -0.25) is 14.4 Å². The average Bonchev–Trinajstić information content (AvgIpc) is 3.26. The quantitative estimate of drug-likeness (QED) is 0.0395. The number of nitrogens with one attached hydrogen (secondary N) is 3. The van der Waals surface area contributed by atoms with Crippen LogP contribution in [-0.2, 0) is 38.1 Å². The van der Waals surface area contributed by atoms with E-state index in [0.717, 1.165) is 44.9 Å². The van der Waals surface area contributed by atoms with Crippen molar-refractivity contribution in [2.24, 2.45) is 0 Å². The number of ether oxygens (including phenoxy) is 5. The third kappa shape index (κ3) is 36.3. The van der Waals surface area contributed by atoms with Crippen LogP contribution < -0.4 is 20.7 Å². The second-order valence-electron chi connectivity index (χ2n) is 16.2. The fraction of sp³-hybridized carbons (Fsp3) is 0.771. The lowest BCUT2D eigenvalue weighted by Gasteiger charge is -2.14. The standard InChI is InChI=1S/C48H83N3O12/c1-3-4-5-6-7-8-9-10-11-13-16-19-22-40(2)62-38-37-60-34-31-50-46(54)39-61-36-35-59-33-30-49-44(52)29-28-43(48(57)58)51-45(53)23-20-17-14-12-15-18-21-32-63-42-26-24-41(25-27-42)47(55)56/h24-27,40,43H,3-23,28-39H2,1-2H3,(H,49,52)(H,50,54)(H,51,53)(H,55,56)(H,57,58)/t40?,43-/m0/s1. The van der Waals surface area contributed by atoms with E-state index in [2.05, 4.69) is 29.8 Å². The van der Waals surface area contributed by atoms with Crippen molar-refractivity contribution in [2.45, 2.75) is 174 Å². The Bertz CT molecular complexity index is 1320. The molecule has 0 aromatic heterocycles. The maximum absolute atomic E-state index is 12.3. The lowest BCUT2D eigenvalue weighted by molar-refractivity contribution is -0.142. The molecule has 0 heterocycles. The van der Waals surface area contributed by atoms with Gasteiger partial charge in [0.2, 0.25) is 17.7 Å². The van der Waals surface area contributed by atoms with Crippen molar-refractivity contribution in [3.05, 3.63) is 29.8 Å². The molecule has 362 valence electrons. The largest absolute Gasteiger partial charge is 0.494 e. The molecule has 0 saturated heterocycles. The predicted octanol–water partition coefficient (Wildman–Crippen LogP) is 8.01. The molecule has 0 aliphatic heterocycles. The molecule has 1 aromatic carbocycles. The first-order valence-corrected chi connectivity index (χ1v) is 24.0. The number of aliphatic carboxylic acids is 1. The Morgan fingerprint density at radius 3 is 1.65 bits per heavy atom. The summed E-state index contributed by atoms with van der Waals surface area (Å²) in [5.41, 5.74) is 0.222. The van der Waals surface area contributed by atoms with Crippen molar-refractivity contribution in [1.82, 2.24) is 16.0 Å². The zero-order valence-corrected chi connectivity index (χ0v) is 38.8. The summed E-state index contributed by atoms with van der Waals surface area (Å²) in [6, 6.07) is 5.18. The molecular weight excluding hydrogens is 811 g/mol. The van der Waals surface area contributed by atoms with Crippen molar-refractivity contribution in [3.63, 3.8) is 0 Å². The van der Waals surface area contributed by atoms with Crippen LogP contribution in [0.2, 0.25) is 0 Å². The minimum Gasteiger partial charge on any atom is -0.494 e. The molecule has 2 atom stereocenters. The Morgan fingerprint density at radius 2 is 1.06 bits per heavy atom. The number of unbranched alkanes of at least 4 members (excludes halogenated alkanes) is 17. The summed E-state index contributed by atoms with van der Waals surface area (Å²) >= 11 is 0. The Labute approximate surface area is 377 Å². The van der Waals surface area contributed by atoms with Crippen LogP contribution in [-0.4, -0.2) is 118 Å². The van der Waals surface area contributed by atoms with Crippen molar-refractivity contribution in [2.75, 3.05) is 65.9 Å². The van der Waals surface area contributed by atoms with Crippen LogP contribution in [0.3, 0.4) is 0 Å². The topological polar surface area (TPSA) is 208 Å². The molecule has 63 heavy (non-hydrogen) atoms. The molecule has 5 N–H and O–H groups in total. The molecule has 0 spiro atoms. The van der Waals surface area contributed by atoms with Crippen LogP contribution in [0.5, 0.6) is 5.75 Å². The molecule has 0 fully saturated rings. The predicted molar refractivity (Wildman–Crippen MR) is 244 cm³/mol. The molecule has 0 radical (unpaired) electrons. The summed E-state index contributed by atoms with van der Waals surface area (Å²) in [5, 5.41) is 26.4. The SMILES string of the molecule is CCCCCCCCCCCCCCC(C)OCCOCCNC(=O)COCCOCCNC(=O)CC[C@H](NC(=O)CCCCCCCCCOc1ccc(C(=O)O)cc1)C(=O)O. The Morgan fingerprint density at radius 1 is 0.540 bits per heavy atom. The summed E-state index contributed by atoms with van der Waals surface area (Å²) < 4.78 is 27.8. The number of carboxylic acids is 2. The highest BCUT2D eigenvalue weighted by molar-refractivity contribution is 5.87. The number of carbonyl (C=O) groups excluding carboxylic acids is 3. The van der Waals surface area contributed by atoms with Gasteiger partial charge in [-0.15, -0.1) is 0 Å². The molecular formula is C48H83N3O12. The van der Waals surface area contributed by atoms with Gasteiger partial charge in [0.05, 0.1) is 57.9 Å². The van der Waals surface area contributed by atoms with Crippen LogP contribution in [0, 0.1) is 0 Å². The number of aromatic carboxylic acids is 1. The Kier molecular flexibility index (Phi) is 37.2. The number of hydrogen-bond donors (Lipinski definition) is 5. The molecule has 1 unspecified atom stereocenters. The summed E-state index contributed by atoms with van der Waals surface area (Å²) in [7, 11) is 0. The van der Waals surface area contributed by atoms with Gasteiger partial charge in [-0.2, -0.15) is 0 Å². The van der Waals surface area contributed by atoms with Gasteiger partial charge in [0, 0.05) is 25.9 Å². The number of carbonyl (C=O) groups is 5. The Hall–Kier alpha value is -3.79. The lowest BCUT2D eigenvalue weighted by atomic mass is 10.0. The molecule has 0 saturated carbocycles. The molecule has 15 heteroatoms. The van der Waals surface area contributed by atoms with Gasteiger partial charge in [-0.1, -0.05) is 116 Å². The van der Waals surface area contributed by atoms with Gasteiger partial charge >= 0.3 is 11.9 Å². The maximum Gasteiger partial charge on any atom is 0.335 e.